The Balaban J connectivity index is 2.67. The molecule has 2 aromatic rings. The largest absolute Gasteiger partial charge is 0.465 e. The standard InChI is InChI=1S/C12H12BrNO3/c1-7-9(12(15)16-3)10(13)11(14(7)2)8-5-4-6-17-8/h4-6H,1-3H3. The van der Waals surface area contributed by atoms with E-state index < -0.39 is 0 Å². The molecule has 0 aliphatic carbocycles. The molecule has 0 aliphatic heterocycles. The summed E-state index contributed by atoms with van der Waals surface area (Å²) in [5.74, 6) is 0.348. The van der Waals surface area contributed by atoms with Crippen LogP contribution in [0.3, 0.4) is 0 Å². The molecule has 0 unspecified atom stereocenters. The van der Waals surface area contributed by atoms with Gasteiger partial charge < -0.3 is 13.7 Å². The van der Waals surface area contributed by atoms with Gasteiger partial charge in [-0.15, -0.1) is 0 Å². The zero-order chi connectivity index (χ0) is 12.6. The van der Waals surface area contributed by atoms with Gasteiger partial charge in [0.1, 0.15) is 0 Å². The van der Waals surface area contributed by atoms with Crippen LogP contribution in [0.5, 0.6) is 0 Å². The topological polar surface area (TPSA) is 44.4 Å². The maximum Gasteiger partial charge on any atom is 0.340 e. The fourth-order valence-corrected chi connectivity index (χ4v) is 2.70. The number of hydrogen-bond acceptors (Lipinski definition) is 3. The molecule has 0 bridgehead atoms. The Kier molecular flexibility index (Phi) is 3.11. The van der Waals surface area contributed by atoms with Crippen molar-refractivity contribution in [2.75, 3.05) is 7.11 Å². The maximum atomic E-state index is 11.7. The van der Waals surface area contributed by atoms with Gasteiger partial charge in [-0.2, -0.15) is 0 Å². The average molecular weight is 298 g/mol. The summed E-state index contributed by atoms with van der Waals surface area (Å²) in [6.07, 6.45) is 1.60. The minimum atomic E-state index is -0.359. The van der Waals surface area contributed by atoms with Crippen LogP contribution in [-0.2, 0) is 11.8 Å². The molecule has 0 aliphatic rings. The molecule has 0 amide bonds. The van der Waals surface area contributed by atoms with E-state index in [1.807, 2.05) is 30.7 Å². The lowest BCUT2D eigenvalue weighted by atomic mass is 10.2. The number of hydrogen-bond donors (Lipinski definition) is 0. The molecule has 2 heterocycles. The predicted octanol–water partition coefficient (Wildman–Crippen LogP) is 3.14. The monoisotopic (exact) mass is 297 g/mol. The van der Waals surface area contributed by atoms with E-state index in [4.69, 9.17) is 9.15 Å². The molecule has 4 nitrogen and oxygen atoms in total. The van der Waals surface area contributed by atoms with Crippen LogP contribution >= 0.6 is 15.9 Å². The number of aromatic nitrogens is 1. The zero-order valence-electron chi connectivity index (χ0n) is 9.78. The van der Waals surface area contributed by atoms with Gasteiger partial charge in [0.05, 0.1) is 29.1 Å². The third kappa shape index (κ3) is 1.80. The van der Waals surface area contributed by atoms with Crippen molar-refractivity contribution in [3.8, 4) is 11.5 Å². The first kappa shape index (κ1) is 12.0. The number of halogens is 1. The van der Waals surface area contributed by atoms with Crippen LogP contribution in [0, 0.1) is 6.92 Å². The third-order valence-corrected chi connectivity index (χ3v) is 3.54. The van der Waals surface area contributed by atoms with Gasteiger partial charge >= 0.3 is 5.97 Å². The summed E-state index contributed by atoms with van der Waals surface area (Å²) in [6.45, 7) is 1.86. The summed E-state index contributed by atoms with van der Waals surface area (Å²) in [4.78, 5) is 11.7. The van der Waals surface area contributed by atoms with Crippen molar-refractivity contribution < 1.29 is 13.9 Å². The molecule has 0 spiro atoms. The number of furan rings is 1. The van der Waals surface area contributed by atoms with E-state index in [0.717, 1.165) is 11.4 Å². The molecule has 5 heteroatoms. The van der Waals surface area contributed by atoms with Crippen LogP contribution in [0.2, 0.25) is 0 Å². The first-order valence-corrected chi connectivity index (χ1v) is 5.84. The lowest BCUT2D eigenvalue weighted by Crippen LogP contribution is -2.03. The number of esters is 1. The second kappa shape index (κ2) is 4.41. The van der Waals surface area contributed by atoms with Gasteiger partial charge in [-0.3, -0.25) is 0 Å². The van der Waals surface area contributed by atoms with Crippen molar-refractivity contribution in [1.29, 1.82) is 0 Å². The van der Waals surface area contributed by atoms with Crippen LogP contribution in [0.1, 0.15) is 16.1 Å². The number of ether oxygens (including phenoxy) is 1. The van der Waals surface area contributed by atoms with Crippen molar-refractivity contribution >= 4 is 21.9 Å². The van der Waals surface area contributed by atoms with Crippen LogP contribution in [0.4, 0.5) is 0 Å². The Labute approximate surface area is 107 Å². The van der Waals surface area contributed by atoms with Crippen molar-refractivity contribution in [1.82, 2.24) is 4.57 Å². The molecule has 0 N–H and O–H groups in total. The summed E-state index contributed by atoms with van der Waals surface area (Å²) < 4.78 is 12.7. The van der Waals surface area contributed by atoms with Crippen molar-refractivity contribution in [3.63, 3.8) is 0 Å². The summed E-state index contributed by atoms with van der Waals surface area (Å²) in [5, 5.41) is 0. The van der Waals surface area contributed by atoms with Gasteiger partial charge in [-0.05, 0) is 35.0 Å². The molecule has 90 valence electrons. The molecule has 2 aromatic heterocycles. The zero-order valence-corrected chi connectivity index (χ0v) is 11.4. The van der Waals surface area contributed by atoms with Gasteiger partial charge in [0, 0.05) is 12.7 Å². The predicted molar refractivity (Wildman–Crippen MR) is 66.9 cm³/mol. The summed E-state index contributed by atoms with van der Waals surface area (Å²) in [5.41, 5.74) is 2.18. The van der Waals surface area contributed by atoms with Crippen LogP contribution in [0.25, 0.3) is 11.5 Å². The summed E-state index contributed by atoms with van der Waals surface area (Å²) in [6, 6.07) is 3.66. The van der Waals surface area contributed by atoms with E-state index in [2.05, 4.69) is 15.9 Å². The Morgan fingerprint density at radius 2 is 2.24 bits per heavy atom. The van der Waals surface area contributed by atoms with E-state index >= 15 is 0 Å². The Bertz CT molecular complexity index is 555. The fraction of sp³-hybridized carbons (Fsp3) is 0.250. The number of rotatable bonds is 2. The van der Waals surface area contributed by atoms with E-state index in [-0.39, 0.29) is 5.97 Å². The van der Waals surface area contributed by atoms with Gasteiger partial charge in [0.15, 0.2) is 5.76 Å². The highest BCUT2D eigenvalue weighted by atomic mass is 79.9. The lowest BCUT2D eigenvalue weighted by molar-refractivity contribution is 0.0599. The normalized spacial score (nSPS) is 10.6. The number of carbonyl (C=O) groups is 1. The first-order valence-electron chi connectivity index (χ1n) is 5.05. The SMILES string of the molecule is COC(=O)c1c(Br)c(-c2ccco2)n(C)c1C. The molecule has 2 rings (SSSR count). The molecule has 0 saturated carbocycles. The highest BCUT2D eigenvalue weighted by molar-refractivity contribution is 9.10. The lowest BCUT2D eigenvalue weighted by Gasteiger charge is -2.01. The minimum Gasteiger partial charge on any atom is -0.465 e. The van der Waals surface area contributed by atoms with Crippen molar-refractivity contribution in [3.05, 3.63) is 34.1 Å². The summed E-state index contributed by atoms with van der Waals surface area (Å²) >= 11 is 3.43. The highest BCUT2D eigenvalue weighted by Crippen LogP contribution is 2.35. The minimum absolute atomic E-state index is 0.359. The van der Waals surface area contributed by atoms with Gasteiger partial charge in [-0.1, -0.05) is 0 Å². The smallest absolute Gasteiger partial charge is 0.340 e. The molecule has 0 aromatic carbocycles. The molecule has 0 atom stereocenters. The van der Waals surface area contributed by atoms with Gasteiger partial charge in [-0.25, -0.2) is 4.79 Å². The first-order chi connectivity index (χ1) is 8.07. The third-order valence-electron chi connectivity index (χ3n) is 2.77. The number of carbonyl (C=O) groups excluding carboxylic acids is 1. The van der Waals surface area contributed by atoms with E-state index in [9.17, 15) is 4.79 Å². The molecule has 0 saturated heterocycles. The fourth-order valence-electron chi connectivity index (χ4n) is 1.79. The maximum absolute atomic E-state index is 11.7. The summed E-state index contributed by atoms with van der Waals surface area (Å²) in [7, 11) is 3.25. The molecule has 0 fully saturated rings. The Hall–Kier alpha value is -1.49. The van der Waals surface area contributed by atoms with Gasteiger partial charge in [0.25, 0.3) is 0 Å². The van der Waals surface area contributed by atoms with Crippen molar-refractivity contribution in [2.24, 2.45) is 7.05 Å². The van der Waals surface area contributed by atoms with E-state index in [1.54, 1.807) is 6.26 Å². The van der Waals surface area contributed by atoms with Gasteiger partial charge in [0.2, 0.25) is 0 Å². The molecular weight excluding hydrogens is 286 g/mol. The quantitative estimate of drug-likeness (QED) is 0.800. The average Bonchev–Trinajstić information content (AvgIpc) is 2.88. The molecular formula is C12H12BrNO3. The second-order valence-corrected chi connectivity index (χ2v) is 4.44. The number of nitrogens with zero attached hydrogens (tertiary/aromatic N) is 1. The Morgan fingerprint density at radius 1 is 1.53 bits per heavy atom. The highest BCUT2D eigenvalue weighted by Gasteiger charge is 2.24. The van der Waals surface area contributed by atoms with E-state index in [1.165, 1.54) is 7.11 Å². The molecule has 0 radical (unpaired) electrons. The van der Waals surface area contributed by atoms with E-state index in [0.29, 0.717) is 15.8 Å². The number of methoxy groups -OCH3 is 1. The van der Waals surface area contributed by atoms with Crippen LogP contribution in [-0.4, -0.2) is 17.6 Å². The van der Waals surface area contributed by atoms with Crippen LogP contribution in [0.15, 0.2) is 27.3 Å². The second-order valence-electron chi connectivity index (χ2n) is 3.65. The molecule has 17 heavy (non-hydrogen) atoms. The van der Waals surface area contributed by atoms with Crippen LogP contribution < -0.4 is 0 Å². The van der Waals surface area contributed by atoms with Crippen molar-refractivity contribution in [2.45, 2.75) is 6.92 Å². The Morgan fingerprint density at radius 3 is 2.76 bits per heavy atom.